The monoisotopic (exact) mass is 345 g/mol. The van der Waals surface area contributed by atoms with Crippen molar-refractivity contribution < 1.29 is 9.59 Å². The molecule has 1 heterocycles. The Bertz CT molecular complexity index is 576. The topological polar surface area (TPSA) is 61.4 Å². The first-order chi connectivity index (χ1) is 11.9. The van der Waals surface area contributed by atoms with Crippen LogP contribution in [-0.2, 0) is 9.59 Å². The standard InChI is InChI=1S/C20H31N3O2/c1-5-17-13-23(16(4)24)12-11-19(17)21-15(3)20(25)22-14(2)18-9-7-6-8-10-18/h6-10,14-15,17,19,21H,5,11-13H2,1-4H3,(H,22,25)/t14-,15+,17-,19+/m1/s1. The molecule has 0 spiro atoms. The van der Waals surface area contributed by atoms with E-state index in [1.807, 2.05) is 49.1 Å². The molecule has 0 radical (unpaired) electrons. The van der Waals surface area contributed by atoms with E-state index in [0.29, 0.717) is 5.92 Å². The van der Waals surface area contributed by atoms with Crippen molar-refractivity contribution in [3.05, 3.63) is 35.9 Å². The van der Waals surface area contributed by atoms with Crippen molar-refractivity contribution in [1.82, 2.24) is 15.5 Å². The largest absolute Gasteiger partial charge is 0.348 e. The Balaban J connectivity index is 1.88. The quantitative estimate of drug-likeness (QED) is 0.833. The first kappa shape index (κ1) is 19.4. The molecular weight excluding hydrogens is 314 g/mol. The molecule has 5 nitrogen and oxygen atoms in total. The fourth-order valence-corrected chi connectivity index (χ4v) is 3.51. The van der Waals surface area contributed by atoms with Crippen LogP contribution in [0.3, 0.4) is 0 Å². The zero-order valence-corrected chi connectivity index (χ0v) is 15.8. The van der Waals surface area contributed by atoms with Gasteiger partial charge in [0, 0.05) is 26.1 Å². The summed E-state index contributed by atoms with van der Waals surface area (Å²) < 4.78 is 0. The number of piperidine rings is 1. The number of carbonyl (C=O) groups is 2. The van der Waals surface area contributed by atoms with Gasteiger partial charge in [-0.3, -0.25) is 9.59 Å². The molecule has 1 aromatic rings. The van der Waals surface area contributed by atoms with Gasteiger partial charge in [0.25, 0.3) is 0 Å². The van der Waals surface area contributed by atoms with Gasteiger partial charge >= 0.3 is 0 Å². The molecule has 1 aromatic carbocycles. The summed E-state index contributed by atoms with van der Waals surface area (Å²) in [4.78, 5) is 26.0. The lowest BCUT2D eigenvalue weighted by molar-refractivity contribution is -0.131. The maximum atomic E-state index is 12.5. The van der Waals surface area contributed by atoms with Crippen LogP contribution in [0.2, 0.25) is 0 Å². The fraction of sp³-hybridized carbons (Fsp3) is 0.600. The summed E-state index contributed by atoms with van der Waals surface area (Å²) in [5.41, 5.74) is 1.10. The molecule has 0 aliphatic carbocycles. The van der Waals surface area contributed by atoms with Crippen molar-refractivity contribution >= 4 is 11.8 Å². The molecule has 25 heavy (non-hydrogen) atoms. The number of amides is 2. The lowest BCUT2D eigenvalue weighted by atomic mass is 9.89. The predicted octanol–water partition coefficient (Wildman–Crippen LogP) is 2.49. The van der Waals surface area contributed by atoms with Gasteiger partial charge in [-0.2, -0.15) is 0 Å². The second-order valence-electron chi connectivity index (χ2n) is 7.06. The fourth-order valence-electron chi connectivity index (χ4n) is 3.51. The van der Waals surface area contributed by atoms with E-state index in [-0.39, 0.29) is 29.9 Å². The lowest BCUT2D eigenvalue weighted by Gasteiger charge is -2.39. The molecule has 1 aliphatic heterocycles. The summed E-state index contributed by atoms with van der Waals surface area (Å²) in [5, 5.41) is 6.57. The van der Waals surface area contributed by atoms with Crippen LogP contribution in [0.15, 0.2) is 30.3 Å². The van der Waals surface area contributed by atoms with E-state index in [4.69, 9.17) is 0 Å². The average Bonchev–Trinajstić information content (AvgIpc) is 2.62. The van der Waals surface area contributed by atoms with E-state index in [1.54, 1.807) is 6.92 Å². The molecule has 0 saturated carbocycles. The molecule has 4 atom stereocenters. The summed E-state index contributed by atoms with van der Waals surface area (Å²) in [6.07, 6.45) is 1.89. The first-order valence-electron chi connectivity index (χ1n) is 9.29. The second-order valence-corrected chi connectivity index (χ2v) is 7.06. The third-order valence-electron chi connectivity index (χ3n) is 5.22. The molecule has 1 aliphatic rings. The van der Waals surface area contributed by atoms with Gasteiger partial charge in [-0.1, -0.05) is 43.7 Å². The zero-order valence-electron chi connectivity index (χ0n) is 15.8. The highest BCUT2D eigenvalue weighted by molar-refractivity contribution is 5.81. The minimum atomic E-state index is -0.255. The lowest BCUT2D eigenvalue weighted by Crippen LogP contribution is -2.55. The number of nitrogens with zero attached hydrogens (tertiary/aromatic N) is 1. The van der Waals surface area contributed by atoms with E-state index in [1.165, 1.54) is 0 Å². The second kappa shape index (κ2) is 8.99. The first-order valence-corrected chi connectivity index (χ1v) is 9.29. The van der Waals surface area contributed by atoms with Crippen molar-refractivity contribution in [2.75, 3.05) is 13.1 Å². The molecule has 5 heteroatoms. The van der Waals surface area contributed by atoms with Gasteiger partial charge in [0.15, 0.2) is 0 Å². The van der Waals surface area contributed by atoms with Gasteiger partial charge in [-0.25, -0.2) is 0 Å². The number of nitrogens with one attached hydrogen (secondary N) is 2. The van der Waals surface area contributed by atoms with Crippen molar-refractivity contribution in [3.8, 4) is 0 Å². The summed E-state index contributed by atoms with van der Waals surface area (Å²) in [6, 6.07) is 9.98. The number of likely N-dealkylation sites (tertiary alicyclic amines) is 1. The van der Waals surface area contributed by atoms with Gasteiger partial charge in [0.05, 0.1) is 12.1 Å². The number of hydrogen-bond donors (Lipinski definition) is 2. The highest BCUT2D eigenvalue weighted by Gasteiger charge is 2.31. The van der Waals surface area contributed by atoms with Crippen LogP contribution in [0, 0.1) is 5.92 Å². The Kier molecular flexibility index (Phi) is 7.00. The highest BCUT2D eigenvalue weighted by Crippen LogP contribution is 2.21. The molecule has 0 unspecified atom stereocenters. The third-order valence-corrected chi connectivity index (χ3v) is 5.22. The number of hydrogen-bond acceptors (Lipinski definition) is 3. The Morgan fingerprint density at radius 3 is 2.52 bits per heavy atom. The summed E-state index contributed by atoms with van der Waals surface area (Å²) >= 11 is 0. The molecule has 2 rings (SSSR count). The van der Waals surface area contributed by atoms with E-state index in [0.717, 1.165) is 31.5 Å². The highest BCUT2D eigenvalue weighted by atomic mass is 16.2. The number of carbonyl (C=O) groups excluding carboxylic acids is 2. The van der Waals surface area contributed by atoms with Gasteiger partial charge in [-0.05, 0) is 31.7 Å². The van der Waals surface area contributed by atoms with Crippen LogP contribution in [0.4, 0.5) is 0 Å². The van der Waals surface area contributed by atoms with Gasteiger partial charge in [0.1, 0.15) is 0 Å². The van der Waals surface area contributed by atoms with E-state index >= 15 is 0 Å². The average molecular weight is 345 g/mol. The molecular formula is C20H31N3O2. The zero-order chi connectivity index (χ0) is 18.4. The third kappa shape index (κ3) is 5.30. The van der Waals surface area contributed by atoms with Crippen LogP contribution in [0.1, 0.15) is 52.1 Å². The van der Waals surface area contributed by atoms with E-state index in [2.05, 4.69) is 17.6 Å². The van der Waals surface area contributed by atoms with Crippen molar-refractivity contribution in [3.63, 3.8) is 0 Å². The molecule has 138 valence electrons. The minimum Gasteiger partial charge on any atom is -0.348 e. The van der Waals surface area contributed by atoms with E-state index in [9.17, 15) is 9.59 Å². The summed E-state index contributed by atoms with van der Waals surface area (Å²) in [6.45, 7) is 9.22. The number of rotatable bonds is 6. The van der Waals surface area contributed by atoms with Crippen LogP contribution in [-0.4, -0.2) is 41.9 Å². The van der Waals surface area contributed by atoms with Gasteiger partial charge in [-0.15, -0.1) is 0 Å². The van der Waals surface area contributed by atoms with E-state index < -0.39 is 0 Å². The normalized spacial score (nSPS) is 23.0. The van der Waals surface area contributed by atoms with Crippen molar-refractivity contribution in [1.29, 1.82) is 0 Å². The maximum Gasteiger partial charge on any atom is 0.237 e. The Morgan fingerprint density at radius 1 is 1.24 bits per heavy atom. The van der Waals surface area contributed by atoms with Crippen LogP contribution >= 0.6 is 0 Å². The molecule has 1 fully saturated rings. The maximum absolute atomic E-state index is 12.5. The Labute approximate surface area is 151 Å². The van der Waals surface area contributed by atoms with Crippen LogP contribution in [0.25, 0.3) is 0 Å². The van der Waals surface area contributed by atoms with Gasteiger partial charge < -0.3 is 15.5 Å². The van der Waals surface area contributed by atoms with Crippen molar-refractivity contribution in [2.45, 2.75) is 58.7 Å². The molecule has 0 bridgehead atoms. The van der Waals surface area contributed by atoms with Crippen LogP contribution in [0.5, 0.6) is 0 Å². The minimum absolute atomic E-state index is 0.0141. The summed E-state index contributed by atoms with van der Waals surface area (Å²) in [7, 11) is 0. The molecule has 0 aromatic heterocycles. The molecule has 2 amide bonds. The Hall–Kier alpha value is -1.88. The molecule has 2 N–H and O–H groups in total. The van der Waals surface area contributed by atoms with Crippen molar-refractivity contribution in [2.24, 2.45) is 5.92 Å². The smallest absolute Gasteiger partial charge is 0.237 e. The number of benzene rings is 1. The van der Waals surface area contributed by atoms with Crippen LogP contribution < -0.4 is 10.6 Å². The SMILES string of the molecule is CC[C@@H]1CN(C(C)=O)CC[C@@H]1N[C@@H](C)C(=O)N[C@H](C)c1ccccc1. The molecule has 1 saturated heterocycles. The Morgan fingerprint density at radius 2 is 1.92 bits per heavy atom. The van der Waals surface area contributed by atoms with Gasteiger partial charge in [0.2, 0.25) is 11.8 Å². The summed E-state index contributed by atoms with van der Waals surface area (Å²) in [5.74, 6) is 0.541. The predicted molar refractivity (Wildman–Crippen MR) is 100 cm³/mol.